The number of fused-ring (bicyclic) bond motifs is 1. The van der Waals surface area contributed by atoms with Gasteiger partial charge in [0.05, 0.1) is 6.61 Å². The van der Waals surface area contributed by atoms with Crippen molar-refractivity contribution in [2.24, 2.45) is 0 Å². The maximum absolute atomic E-state index is 5.26. The van der Waals surface area contributed by atoms with Crippen LogP contribution < -0.4 is 5.46 Å². The van der Waals surface area contributed by atoms with E-state index in [2.05, 4.69) is 39.0 Å². The molecule has 0 aromatic heterocycles. The van der Waals surface area contributed by atoms with Gasteiger partial charge in [-0.2, -0.15) is 0 Å². The van der Waals surface area contributed by atoms with E-state index in [1.54, 1.807) is 0 Å². The topological polar surface area (TPSA) is 9.23 Å². The van der Waals surface area contributed by atoms with Crippen molar-refractivity contribution in [3.05, 3.63) is 29.3 Å². The van der Waals surface area contributed by atoms with E-state index in [1.165, 1.54) is 16.6 Å². The van der Waals surface area contributed by atoms with Crippen molar-refractivity contribution in [1.82, 2.24) is 0 Å². The lowest BCUT2D eigenvalue weighted by atomic mass is 9.81. The van der Waals surface area contributed by atoms with Crippen molar-refractivity contribution in [2.45, 2.75) is 32.8 Å². The third kappa shape index (κ3) is 1.64. The Morgan fingerprint density at radius 2 is 2.08 bits per heavy atom. The molecule has 1 aliphatic heterocycles. The summed E-state index contributed by atoms with van der Waals surface area (Å²) in [7, 11) is 1.84. The van der Waals surface area contributed by atoms with Gasteiger partial charge in [0.2, 0.25) is 0 Å². The van der Waals surface area contributed by atoms with Gasteiger partial charge in [-0.15, -0.1) is 0 Å². The summed E-state index contributed by atoms with van der Waals surface area (Å²) in [6, 6.07) is 6.58. The molecule has 1 aromatic rings. The van der Waals surface area contributed by atoms with Crippen molar-refractivity contribution in [3.8, 4) is 0 Å². The molecule has 0 amide bonds. The molecular formula is C11H14BO. The van der Waals surface area contributed by atoms with Gasteiger partial charge in [0.15, 0.2) is 0 Å². The lowest BCUT2D eigenvalue weighted by Crippen LogP contribution is -2.16. The van der Waals surface area contributed by atoms with Crippen molar-refractivity contribution >= 4 is 12.9 Å². The van der Waals surface area contributed by atoms with Crippen molar-refractivity contribution in [2.75, 3.05) is 0 Å². The van der Waals surface area contributed by atoms with Crippen LogP contribution in [0.3, 0.4) is 0 Å². The van der Waals surface area contributed by atoms with Gasteiger partial charge in [-0.05, 0) is 22.0 Å². The molecule has 1 radical (unpaired) electrons. The SMILES string of the molecule is CC(C)(C)c1ccc2c(c1)CO[B]2. The summed E-state index contributed by atoms with van der Waals surface area (Å²) in [5.41, 5.74) is 4.16. The molecular weight excluding hydrogens is 159 g/mol. The van der Waals surface area contributed by atoms with E-state index < -0.39 is 0 Å². The fourth-order valence-electron chi connectivity index (χ4n) is 1.53. The summed E-state index contributed by atoms with van der Waals surface area (Å²) in [5.74, 6) is 0. The molecule has 0 aliphatic carbocycles. The van der Waals surface area contributed by atoms with Crippen molar-refractivity contribution < 1.29 is 4.65 Å². The smallest absolute Gasteiger partial charge is 0.330 e. The molecule has 0 bridgehead atoms. The number of hydrogen-bond acceptors (Lipinski definition) is 1. The summed E-state index contributed by atoms with van der Waals surface area (Å²) in [4.78, 5) is 0. The van der Waals surface area contributed by atoms with E-state index in [4.69, 9.17) is 4.65 Å². The van der Waals surface area contributed by atoms with Crippen LogP contribution in [0.25, 0.3) is 0 Å². The number of benzene rings is 1. The zero-order chi connectivity index (χ0) is 9.47. The lowest BCUT2D eigenvalue weighted by molar-refractivity contribution is 0.345. The Kier molecular flexibility index (Phi) is 1.96. The van der Waals surface area contributed by atoms with Gasteiger partial charge in [0.1, 0.15) is 0 Å². The monoisotopic (exact) mass is 173 g/mol. The van der Waals surface area contributed by atoms with Crippen LogP contribution in [-0.4, -0.2) is 7.48 Å². The zero-order valence-electron chi connectivity index (χ0n) is 8.42. The van der Waals surface area contributed by atoms with Gasteiger partial charge >= 0.3 is 7.48 Å². The quantitative estimate of drug-likeness (QED) is 0.543. The average molecular weight is 173 g/mol. The van der Waals surface area contributed by atoms with E-state index in [9.17, 15) is 0 Å². The van der Waals surface area contributed by atoms with Gasteiger partial charge in [0, 0.05) is 0 Å². The Hall–Kier alpha value is -0.755. The average Bonchev–Trinajstić information content (AvgIpc) is 2.47. The second-order valence-corrected chi connectivity index (χ2v) is 4.59. The summed E-state index contributed by atoms with van der Waals surface area (Å²) in [6.45, 7) is 7.43. The van der Waals surface area contributed by atoms with E-state index in [-0.39, 0.29) is 5.41 Å². The maximum atomic E-state index is 5.26. The van der Waals surface area contributed by atoms with E-state index >= 15 is 0 Å². The van der Waals surface area contributed by atoms with Crippen LogP contribution in [-0.2, 0) is 16.7 Å². The Labute approximate surface area is 80.4 Å². The van der Waals surface area contributed by atoms with Crippen molar-refractivity contribution in [3.63, 3.8) is 0 Å². The molecule has 0 N–H and O–H groups in total. The highest BCUT2D eigenvalue weighted by Crippen LogP contribution is 2.23. The first-order chi connectivity index (χ1) is 6.07. The van der Waals surface area contributed by atoms with Crippen LogP contribution in [0.5, 0.6) is 0 Å². The highest BCUT2D eigenvalue weighted by Gasteiger charge is 2.18. The van der Waals surface area contributed by atoms with Crippen LogP contribution in [0.15, 0.2) is 18.2 Å². The molecule has 1 heterocycles. The predicted molar refractivity (Wildman–Crippen MR) is 55.3 cm³/mol. The summed E-state index contributed by atoms with van der Waals surface area (Å²) < 4.78 is 5.26. The van der Waals surface area contributed by atoms with Crippen LogP contribution in [0, 0.1) is 0 Å². The third-order valence-electron chi connectivity index (χ3n) is 2.46. The third-order valence-corrected chi connectivity index (χ3v) is 2.46. The maximum Gasteiger partial charge on any atom is 0.330 e. The molecule has 67 valence electrons. The Morgan fingerprint density at radius 3 is 2.77 bits per heavy atom. The number of hydrogen-bond donors (Lipinski definition) is 0. The van der Waals surface area contributed by atoms with Gasteiger partial charge in [-0.3, -0.25) is 0 Å². The van der Waals surface area contributed by atoms with Gasteiger partial charge in [-0.25, -0.2) is 0 Å². The molecule has 2 heteroatoms. The van der Waals surface area contributed by atoms with E-state index in [1.807, 2.05) is 7.48 Å². The van der Waals surface area contributed by atoms with Gasteiger partial charge < -0.3 is 4.65 Å². The first-order valence-corrected chi connectivity index (χ1v) is 4.65. The molecule has 0 saturated heterocycles. The van der Waals surface area contributed by atoms with Crippen LogP contribution in [0.2, 0.25) is 0 Å². The minimum absolute atomic E-state index is 0.234. The molecule has 1 nitrogen and oxygen atoms in total. The molecule has 1 aliphatic rings. The molecule has 0 spiro atoms. The summed E-state index contributed by atoms with van der Waals surface area (Å²) in [6.07, 6.45) is 0. The van der Waals surface area contributed by atoms with Gasteiger partial charge in [-0.1, -0.05) is 39.0 Å². The second-order valence-electron chi connectivity index (χ2n) is 4.59. The first kappa shape index (κ1) is 8.83. The summed E-state index contributed by atoms with van der Waals surface area (Å²) in [5, 5.41) is 0. The van der Waals surface area contributed by atoms with Crippen LogP contribution >= 0.6 is 0 Å². The molecule has 0 saturated carbocycles. The Morgan fingerprint density at radius 1 is 1.31 bits per heavy atom. The normalized spacial score (nSPS) is 15.3. The zero-order valence-corrected chi connectivity index (χ0v) is 8.42. The minimum atomic E-state index is 0.234. The number of rotatable bonds is 0. The van der Waals surface area contributed by atoms with Crippen LogP contribution in [0.4, 0.5) is 0 Å². The predicted octanol–water partition coefficient (Wildman–Crippen LogP) is 1.76. The molecule has 2 rings (SSSR count). The molecule has 13 heavy (non-hydrogen) atoms. The highest BCUT2D eigenvalue weighted by atomic mass is 16.4. The largest absolute Gasteiger partial charge is 0.430 e. The fraction of sp³-hybridized carbons (Fsp3) is 0.455. The molecule has 0 fully saturated rings. The van der Waals surface area contributed by atoms with Gasteiger partial charge in [0.25, 0.3) is 0 Å². The second kappa shape index (κ2) is 2.88. The van der Waals surface area contributed by atoms with E-state index in [0.29, 0.717) is 0 Å². The Balaban J connectivity index is 2.42. The Bertz CT molecular complexity index is 325. The lowest BCUT2D eigenvalue weighted by Gasteiger charge is -2.19. The molecule has 0 atom stereocenters. The van der Waals surface area contributed by atoms with E-state index in [0.717, 1.165) is 6.61 Å². The molecule has 1 aromatic carbocycles. The molecule has 0 unspecified atom stereocenters. The minimum Gasteiger partial charge on any atom is -0.430 e. The first-order valence-electron chi connectivity index (χ1n) is 4.65. The van der Waals surface area contributed by atoms with Crippen molar-refractivity contribution in [1.29, 1.82) is 0 Å². The van der Waals surface area contributed by atoms with Crippen LogP contribution in [0.1, 0.15) is 31.9 Å². The highest BCUT2D eigenvalue weighted by molar-refractivity contribution is 6.48. The fourth-order valence-corrected chi connectivity index (χ4v) is 1.53. The summed E-state index contributed by atoms with van der Waals surface area (Å²) >= 11 is 0. The standard InChI is InChI=1S/C11H14BO/c1-11(2,3)9-4-5-10-8(6-9)7-13-12-10/h4-6H,7H2,1-3H3.